The molecule has 1 rings (SSSR count). The third-order valence-electron chi connectivity index (χ3n) is 1.03. The minimum atomic E-state index is 0.793. The topological polar surface area (TPSA) is 37.1 Å². The van der Waals surface area contributed by atoms with Gasteiger partial charge in [-0.2, -0.15) is 5.11 Å². The van der Waals surface area contributed by atoms with Gasteiger partial charge in [0.1, 0.15) is 0 Å². The molecule has 0 bridgehead atoms. The lowest BCUT2D eigenvalue weighted by atomic mass is 10.3. The molecule has 3 heteroatoms. The first-order valence-corrected chi connectivity index (χ1v) is 3.05. The van der Waals surface area contributed by atoms with Crippen molar-refractivity contribution in [3.05, 3.63) is 12.2 Å². The van der Waals surface area contributed by atoms with Crippen LogP contribution in [0.25, 0.3) is 0 Å². The zero-order valence-corrected chi connectivity index (χ0v) is 5.20. The van der Waals surface area contributed by atoms with Crippen LogP contribution in [0.3, 0.4) is 0 Å². The van der Waals surface area contributed by atoms with Crippen molar-refractivity contribution in [2.45, 2.75) is 12.8 Å². The maximum absolute atomic E-state index is 3.78. The van der Waals surface area contributed by atoms with E-state index in [2.05, 4.69) is 21.5 Å². The van der Waals surface area contributed by atoms with Crippen LogP contribution in [0.4, 0.5) is 0 Å². The number of hydrogen-bond acceptors (Lipinski definition) is 3. The van der Waals surface area contributed by atoms with E-state index < -0.39 is 0 Å². The third kappa shape index (κ3) is 2.74. The van der Waals surface area contributed by atoms with Crippen molar-refractivity contribution in [3.63, 3.8) is 0 Å². The van der Waals surface area contributed by atoms with Gasteiger partial charge in [-0.3, -0.25) is 0 Å². The van der Waals surface area contributed by atoms with Crippen molar-refractivity contribution in [1.29, 1.82) is 0 Å². The van der Waals surface area contributed by atoms with Gasteiger partial charge in [-0.1, -0.05) is 6.08 Å². The molecule has 0 radical (unpaired) electrons. The summed E-state index contributed by atoms with van der Waals surface area (Å²) in [7, 11) is 0. The summed E-state index contributed by atoms with van der Waals surface area (Å²) in [6.07, 6.45) is 7.76. The van der Waals surface area contributed by atoms with Crippen LogP contribution in [-0.2, 0) is 0 Å². The van der Waals surface area contributed by atoms with Crippen LogP contribution in [0.5, 0.6) is 0 Å². The van der Waals surface area contributed by atoms with Gasteiger partial charge in [-0.05, 0) is 24.1 Å². The Morgan fingerprint density at radius 2 is 2.33 bits per heavy atom. The Labute approximate surface area is 54.2 Å². The first kappa shape index (κ1) is 6.13. The van der Waals surface area contributed by atoms with Crippen LogP contribution < -0.4 is 0 Å². The van der Waals surface area contributed by atoms with Gasteiger partial charge in [-0.25, -0.2) is 0 Å². The number of hydrogen-bond donors (Lipinski definition) is 0. The number of nitrogens with zero attached hydrogens (tertiary/aromatic N) is 3. The average Bonchev–Trinajstić information content (AvgIpc) is 2.00. The predicted molar refractivity (Wildman–Crippen MR) is 36.6 cm³/mol. The van der Waals surface area contributed by atoms with Gasteiger partial charge in [-0.15, -0.1) is 5.10 Å². The van der Waals surface area contributed by atoms with E-state index in [4.69, 9.17) is 0 Å². The molecule has 0 fully saturated rings. The maximum Gasteiger partial charge on any atom is 0.0624 e. The summed E-state index contributed by atoms with van der Waals surface area (Å²) in [5.41, 5.74) is 0. The van der Waals surface area contributed by atoms with E-state index in [1.165, 1.54) is 0 Å². The van der Waals surface area contributed by atoms with Gasteiger partial charge in [0.15, 0.2) is 0 Å². The molecule has 0 saturated carbocycles. The molecule has 1 aliphatic heterocycles. The molecule has 0 aromatic heterocycles. The molecule has 0 amide bonds. The zero-order valence-electron chi connectivity index (χ0n) is 5.20. The van der Waals surface area contributed by atoms with E-state index in [1.54, 1.807) is 6.21 Å². The highest BCUT2D eigenvalue weighted by Gasteiger charge is 1.81. The van der Waals surface area contributed by atoms with E-state index in [0.717, 1.165) is 19.4 Å². The standard InChI is InChI=1S/C6H9N3/c1-2-4-6-8-9-7-5-3-1/h1,3,5H,2,4,6H2/b3-1-,7-5+,9-8+. The Morgan fingerprint density at radius 1 is 1.33 bits per heavy atom. The van der Waals surface area contributed by atoms with Gasteiger partial charge in [0.25, 0.3) is 0 Å². The Bertz CT molecular complexity index is 130. The lowest BCUT2D eigenvalue weighted by Crippen LogP contribution is -1.74. The molecular formula is C6H9N3. The van der Waals surface area contributed by atoms with Crippen LogP contribution in [0.1, 0.15) is 12.8 Å². The van der Waals surface area contributed by atoms with Gasteiger partial charge < -0.3 is 0 Å². The Morgan fingerprint density at radius 3 is 3.33 bits per heavy atom. The molecule has 0 atom stereocenters. The Balaban J connectivity index is 2.45. The van der Waals surface area contributed by atoms with Gasteiger partial charge >= 0.3 is 0 Å². The van der Waals surface area contributed by atoms with Gasteiger partial charge in [0, 0.05) is 0 Å². The lowest BCUT2D eigenvalue weighted by Gasteiger charge is -1.83. The lowest BCUT2D eigenvalue weighted by molar-refractivity contribution is 0.800. The summed E-state index contributed by atoms with van der Waals surface area (Å²) >= 11 is 0. The van der Waals surface area contributed by atoms with E-state index in [1.807, 2.05) is 6.08 Å². The van der Waals surface area contributed by atoms with Crippen molar-refractivity contribution >= 4 is 6.21 Å². The smallest absolute Gasteiger partial charge is 0.0624 e. The van der Waals surface area contributed by atoms with Crippen LogP contribution in [0.2, 0.25) is 0 Å². The number of rotatable bonds is 0. The van der Waals surface area contributed by atoms with Crippen LogP contribution in [0.15, 0.2) is 27.6 Å². The van der Waals surface area contributed by atoms with Crippen molar-refractivity contribution in [2.24, 2.45) is 15.4 Å². The van der Waals surface area contributed by atoms with Crippen LogP contribution in [-0.4, -0.2) is 12.8 Å². The van der Waals surface area contributed by atoms with E-state index >= 15 is 0 Å². The molecule has 0 saturated heterocycles. The molecular weight excluding hydrogens is 114 g/mol. The average molecular weight is 123 g/mol. The first-order chi connectivity index (χ1) is 4.50. The fraction of sp³-hybridized carbons (Fsp3) is 0.500. The third-order valence-corrected chi connectivity index (χ3v) is 1.03. The van der Waals surface area contributed by atoms with Crippen molar-refractivity contribution < 1.29 is 0 Å². The van der Waals surface area contributed by atoms with Crippen LogP contribution >= 0.6 is 0 Å². The highest BCUT2D eigenvalue weighted by Crippen LogP contribution is 1.93. The van der Waals surface area contributed by atoms with E-state index in [0.29, 0.717) is 0 Å². The highest BCUT2D eigenvalue weighted by atomic mass is 15.4. The fourth-order valence-electron chi connectivity index (χ4n) is 0.586. The second-order valence-electron chi connectivity index (χ2n) is 1.79. The quantitative estimate of drug-likeness (QED) is 0.471. The van der Waals surface area contributed by atoms with Crippen LogP contribution in [0, 0.1) is 0 Å². The molecule has 1 heterocycles. The molecule has 9 heavy (non-hydrogen) atoms. The predicted octanol–water partition coefficient (Wildman–Crippen LogP) is 1.77. The Hall–Kier alpha value is -0.990. The molecule has 0 aromatic rings. The molecule has 0 N–H and O–H groups in total. The second kappa shape index (κ2) is 3.95. The minimum Gasteiger partial charge on any atom is -0.169 e. The van der Waals surface area contributed by atoms with E-state index in [9.17, 15) is 0 Å². The SMILES string of the molecule is C1=C\CCC/N=N/N=C/1. The zero-order chi connectivity index (χ0) is 6.36. The molecule has 0 aromatic carbocycles. The largest absolute Gasteiger partial charge is 0.169 e. The van der Waals surface area contributed by atoms with Gasteiger partial charge in [0.05, 0.1) is 12.8 Å². The molecule has 0 spiro atoms. The normalized spacial score (nSPS) is 29.3. The summed E-state index contributed by atoms with van der Waals surface area (Å²) in [5.74, 6) is 0. The second-order valence-corrected chi connectivity index (χ2v) is 1.79. The summed E-state index contributed by atoms with van der Waals surface area (Å²) in [4.78, 5) is 0. The summed E-state index contributed by atoms with van der Waals surface area (Å²) in [6.45, 7) is 0.793. The summed E-state index contributed by atoms with van der Waals surface area (Å²) < 4.78 is 0. The monoisotopic (exact) mass is 123 g/mol. The minimum absolute atomic E-state index is 0.793. The first-order valence-electron chi connectivity index (χ1n) is 3.05. The summed E-state index contributed by atoms with van der Waals surface area (Å²) in [6, 6.07) is 0. The van der Waals surface area contributed by atoms with E-state index in [-0.39, 0.29) is 0 Å². The fourth-order valence-corrected chi connectivity index (χ4v) is 0.586. The molecule has 3 nitrogen and oxygen atoms in total. The molecule has 0 aliphatic carbocycles. The number of allylic oxidation sites excluding steroid dienone is 2. The molecule has 0 unspecified atom stereocenters. The molecule has 1 aliphatic rings. The maximum atomic E-state index is 3.78. The molecule has 48 valence electrons. The summed E-state index contributed by atoms with van der Waals surface area (Å²) in [5, 5.41) is 10.9. The van der Waals surface area contributed by atoms with Crippen molar-refractivity contribution in [3.8, 4) is 0 Å². The van der Waals surface area contributed by atoms with Crippen molar-refractivity contribution in [1.82, 2.24) is 0 Å². The van der Waals surface area contributed by atoms with Gasteiger partial charge in [0.2, 0.25) is 0 Å². The highest BCUT2D eigenvalue weighted by molar-refractivity contribution is 5.70. The van der Waals surface area contributed by atoms with Crippen molar-refractivity contribution in [2.75, 3.05) is 6.54 Å². The Kier molecular flexibility index (Phi) is 2.69.